The molecular formula is C33H36N4O4S. The molecule has 1 saturated heterocycles. The van der Waals surface area contributed by atoms with E-state index in [2.05, 4.69) is 40.6 Å². The van der Waals surface area contributed by atoms with Crippen LogP contribution >= 0.6 is 0 Å². The fraction of sp³-hybridized carbons (Fsp3) is 0.485. The predicted octanol–water partition coefficient (Wildman–Crippen LogP) is 5.57. The molecule has 7 rings (SSSR count). The van der Waals surface area contributed by atoms with Gasteiger partial charge in [-0.05, 0) is 74.3 Å². The second-order valence-corrected chi connectivity index (χ2v) is 14.8. The Morgan fingerprint density at radius 1 is 0.952 bits per heavy atom. The average Bonchev–Trinajstić information content (AvgIpc) is 3.95. The molecule has 42 heavy (non-hydrogen) atoms. The van der Waals surface area contributed by atoms with E-state index in [4.69, 9.17) is 9.40 Å². The molecule has 2 atom stereocenters. The molecule has 1 amide bonds. The quantitative estimate of drug-likeness (QED) is 0.386. The van der Waals surface area contributed by atoms with E-state index in [1.54, 1.807) is 0 Å². The number of oxazole rings is 1. The molecule has 4 fully saturated rings. The third kappa shape index (κ3) is 5.45. The number of nitrogens with one attached hydrogen (secondary N) is 1. The van der Waals surface area contributed by atoms with Crippen molar-refractivity contribution in [2.75, 3.05) is 29.5 Å². The van der Waals surface area contributed by atoms with Crippen molar-refractivity contribution in [2.24, 2.45) is 5.92 Å². The number of sulfone groups is 1. The largest absolute Gasteiger partial charge is 0.440 e. The molecule has 2 heterocycles. The van der Waals surface area contributed by atoms with E-state index >= 15 is 0 Å². The Bertz CT molecular complexity index is 1620. The Morgan fingerprint density at radius 3 is 2.26 bits per heavy atom. The normalized spacial score (nSPS) is 24.5. The molecule has 3 aliphatic carbocycles. The molecule has 0 bridgehead atoms. The zero-order chi connectivity index (χ0) is 28.9. The maximum Gasteiger partial charge on any atom is 0.226 e. The van der Waals surface area contributed by atoms with Crippen molar-refractivity contribution in [3.05, 3.63) is 59.9 Å². The number of anilines is 1. The number of rotatable bonds is 7. The smallest absolute Gasteiger partial charge is 0.226 e. The molecule has 8 nitrogen and oxygen atoms in total. The predicted molar refractivity (Wildman–Crippen MR) is 161 cm³/mol. The highest BCUT2D eigenvalue weighted by molar-refractivity contribution is 7.91. The van der Waals surface area contributed by atoms with Gasteiger partial charge in [-0.2, -0.15) is 5.26 Å². The number of carbonyl (C=O) groups is 1. The fourth-order valence-electron chi connectivity index (χ4n) is 6.51. The van der Waals surface area contributed by atoms with Crippen LogP contribution in [0.3, 0.4) is 0 Å². The van der Waals surface area contributed by atoms with Gasteiger partial charge >= 0.3 is 0 Å². The number of nitriles is 1. The Labute approximate surface area is 247 Å². The molecule has 0 radical (unpaired) electrons. The third-order valence-corrected chi connectivity index (χ3v) is 11.1. The number of amides is 1. The Hall–Kier alpha value is -3.64. The maximum atomic E-state index is 13.5. The molecule has 0 unspecified atom stereocenters. The summed E-state index contributed by atoms with van der Waals surface area (Å²) in [6.45, 7) is 0.974. The maximum absolute atomic E-state index is 13.5. The molecule has 9 heteroatoms. The molecule has 3 saturated carbocycles. The van der Waals surface area contributed by atoms with E-state index < -0.39 is 15.4 Å². The number of benzene rings is 2. The lowest BCUT2D eigenvalue weighted by atomic mass is 9.76. The van der Waals surface area contributed by atoms with Crippen LogP contribution in [0.5, 0.6) is 0 Å². The summed E-state index contributed by atoms with van der Waals surface area (Å²) in [5, 5.41) is 12.6. The van der Waals surface area contributed by atoms with Gasteiger partial charge in [0.15, 0.2) is 9.84 Å². The van der Waals surface area contributed by atoms with E-state index in [1.807, 2.05) is 24.3 Å². The topological polar surface area (TPSA) is 116 Å². The summed E-state index contributed by atoms with van der Waals surface area (Å²) in [6.07, 6.45) is 7.43. The van der Waals surface area contributed by atoms with Crippen LogP contribution in [-0.4, -0.2) is 49.4 Å². The first-order valence-electron chi connectivity index (χ1n) is 15.2. The lowest BCUT2D eigenvalue weighted by molar-refractivity contribution is -0.127. The highest BCUT2D eigenvalue weighted by Crippen LogP contribution is 2.45. The van der Waals surface area contributed by atoms with E-state index in [1.165, 1.54) is 18.4 Å². The Kier molecular flexibility index (Phi) is 6.85. The summed E-state index contributed by atoms with van der Waals surface area (Å²) >= 11 is 0. The van der Waals surface area contributed by atoms with E-state index in [0.717, 1.165) is 54.0 Å². The first-order valence-corrected chi connectivity index (χ1v) is 17.1. The van der Waals surface area contributed by atoms with Gasteiger partial charge in [-0.3, -0.25) is 4.79 Å². The van der Waals surface area contributed by atoms with Crippen molar-refractivity contribution in [1.82, 2.24) is 10.3 Å². The minimum absolute atomic E-state index is 0.0631. The van der Waals surface area contributed by atoms with E-state index in [0.29, 0.717) is 37.7 Å². The van der Waals surface area contributed by atoms with Gasteiger partial charge in [0.1, 0.15) is 17.0 Å². The van der Waals surface area contributed by atoms with Crippen LogP contribution in [0.15, 0.2) is 52.9 Å². The fourth-order valence-corrected chi connectivity index (χ4v) is 7.71. The second-order valence-electron chi connectivity index (χ2n) is 12.5. The van der Waals surface area contributed by atoms with Gasteiger partial charge in [-0.1, -0.05) is 37.1 Å². The molecule has 2 aromatic carbocycles. The molecule has 0 spiro atoms. The number of hydrogen-bond donors (Lipinski definition) is 1. The number of nitrogens with zero attached hydrogens (tertiary/aromatic N) is 3. The van der Waals surface area contributed by atoms with Crippen molar-refractivity contribution in [3.63, 3.8) is 0 Å². The summed E-state index contributed by atoms with van der Waals surface area (Å²) in [6, 6.07) is 18.9. The first-order chi connectivity index (χ1) is 20.3. The summed E-state index contributed by atoms with van der Waals surface area (Å²) in [7, 11) is -2.96. The van der Waals surface area contributed by atoms with Crippen LogP contribution in [0.4, 0.5) is 5.69 Å². The van der Waals surface area contributed by atoms with E-state index in [9.17, 15) is 18.5 Å². The van der Waals surface area contributed by atoms with Crippen molar-refractivity contribution >= 4 is 21.4 Å². The van der Waals surface area contributed by atoms with Crippen LogP contribution < -0.4 is 10.2 Å². The van der Waals surface area contributed by atoms with Crippen LogP contribution in [0.1, 0.15) is 74.5 Å². The lowest BCUT2D eigenvalue weighted by Gasteiger charge is -2.30. The molecule has 3 aromatic rings. The SMILES string of the molecule is N#CC1(NC(=O)[C@@H]2CCCC[C@H]2c2oc(-c3ccc(C4CC4)cc3)nc2-c2ccc(N3CCS(=O)(=O)CC3)cc2)CC1. The number of aromatic nitrogens is 1. The standard InChI is InChI=1S/C33H36N4O4S/c34-21-33(15-16-33)36-31(38)28-4-2-1-3-27(28)30-29(35-32(41-30)25-9-7-23(8-10-25)22-5-6-22)24-11-13-26(14-12-24)37-17-19-42(39,40)20-18-37/h7-14,22,27-28H,1-6,15-20H2,(H,36,38)/t27-,28-/m1/s1. The minimum Gasteiger partial charge on any atom is -0.440 e. The lowest BCUT2D eigenvalue weighted by Crippen LogP contribution is -2.42. The molecular weight excluding hydrogens is 548 g/mol. The van der Waals surface area contributed by atoms with Gasteiger partial charge in [-0.25, -0.2) is 13.4 Å². The molecule has 1 aromatic heterocycles. The zero-order valence-electron chi connectivity index (χ0n) is 23.7. The minimum atomic E-state index is -2.96. The summed E-state index contributed by atoms with van der Waals surface area (Å²) in [4.78, 5) is 20.7. The summed E-state index contributed by atoms with van der Waals surface area (Å²) in [5.41, 5.74) is 4.19. The highest BCUT2D eigenvalue weighted by atomic mass is 32.2. The van der Waals surface area contributed by atoms with Crippen LogP contribution in [0, 0.1) is 17.2 Å². The zero-order valence-corrected chi connectivity index (χ0v) is 24.5. The van der Waals surface area contributed by atoms with Gasteiger partial charge in [0, 0.05) is 41.7 Å². The van der Waals surface area contributed by atoms with Crippen molar-refractivity contribution in [1.29, 1.82) is 5.26 Å². The van der Waals surface area contributed by atoms with Crippen molar-refractivity contribution in [3.8, 4) is 28.8 Å². The third-order valence-electron chi connectivity index (χ3n) is 9.48. The summed E-state index contributed by atoms with van der Waals surface area (Å²) < 4.78 is 30.4. The Morgan fingerprint density at radius 2 is 1.62 bits per heavy atom. The number of carbonyl (C=O) groups excluding carboxylic acids is 1. The van der Waals surface area contributed by atoms with Gasteiger partial charge < -0.3 is 14.6 Å². The number of hydrogen-bond acceptors (Lipinski definition) is 7. The monoisotopic (exact) mass is 584 g/mol. The molecule has 1 N–H and O–H groups in total. The van der Waals surface area contributed by atoms with Crippen molar-refractivity contribution in [2.45, 2.75) is 68.7 Å². The molecule has 1 aliphatic heterocycles. The van der Waals surface area contributed by atoms with Gasteiger partial charge in [0.2, 0.25) is 11.8 Å². The van der Waals surface area contributed by atoms with Gasteiger partial charge in [-0.15, -0.1) is 0 Å². The van der Waals surface area contributed by atoms with Gasteiger partial charge in [0.25, 0.3) is 0 Å². The average molecular weight is 585 g/mol. The van der Waals surface area contributed by atoms with E-state index in [-0.39, 0.29) is 29.2 Å². The molecule has 218 valence electrons. The first kappa shape index (κ1) is 27.2. The van der Waals surface area contributed by atoms with Crippen molar-refractivity contribution < 1.29 is 17.6 Å². The molecule has 4 aliphatic rings. The summed E-state index contributed by atoms with van der Waals surface area (Å²) in [5.74, 6) is 1.80. The highest BCUT2D eigenvalue weighted by Gasteiger charge is 2.47. The van der Waals surface area contributed by atoms with Gasteiger partial charge in [0.05, 0.1) is 17.6 Å². The van der Waals surface area contributed by atoms with Crippen LogP contribution in [0.25, 0.3) is 22.7 Å². The van der Waals surface area contributed by atoms with Crippen LogP contribution in [0.2, 0.25) is 0 Å². The second kappa shape index (κ2) is 10.6. The Balaban J connectivity index is 1.22. The van der Waals surface area contributed by atoms with Crippen LogP contribution in [-0.2, 0) is 14.6 Å².